The minimum absolute atomic E-state index is 0.0376. The number of nitrogens with one attached hydrogen (secondary N) is 3. The van der Waals surface area contributed by atoms with Crippen LogP contribution in [0.5, 0.6) is 0 Å². The van der Waals surface area contributed by atoms with Crippen molar-refractivity contribution < 1.29 is 8.42 Å². The van der Waals surface area contributed by atoms with Crippen LogP contribution in [0.4, 0.5) is 17.5 Å². The van der Waals surface area contributed by atoms with E-state index in [2.05, 4.69) is 30.9 Å². The van der Waals surface area contributed by atoms with E-state index in [9.17, 15) is 8.42 Å². The maximum absolute atomic E-state index is 11.5. The number of hydrogen-bond donors (Lipinski definition) is 3. The zero-order valence-corrected chi connectivity index (χ0v) is 17.5. The van der Waals surface area contributed by atoms with Crippen LogP contribution in [0, 0.1) is 6.92 Å². The van der Waals surface area contributed by atoms with Crippen LogP contribution in [0.3, 0.4) is 0 Å². The van der Waals surface area contributed by atoms with Gasteiger partial charge in [0.2, 0.25) is 5.95 Å². The van der Waals surface area contributed by atoms with E-state index in [1.165, 1.54) is 6.26 Å². The third kappa shape index (κ3) is 3.67. The van der Waals surface area contributed by atoms with Gasteiger partial charge in [-0.25, -0.2) is 8.42 Å². The summed E-state index contributed by atoms with van der Waals surface area (Å²) in [5.41, 5.74) is 3.16. The van der Waals surface area contributed by atoms with Gasteiger partial charge in [-0.15, -0.1) is 0 Å². The van der Waals surface area contributed by atoms with E-state index >= 15 is 0 Å². The number of nitrogens with zero attached hydrogens (tertiary/aromatic N) is 5. The number of hydrogen-bond acceptors (Lipinski definition) is 8. The lowest BCUT2D eigenvalue weighted by atomic mass is 10.2. The molecule has 1 aliphatic carbocycles. The van der Waals surface area contributed by atoms with E-state index in [1.807, 2.05) is 25.1 Å². The minimum atomic E-state index is -3.07. The lowest BCUT2D eigenvalue weighted by Gasteiger charge is -2.10. The Labute approximate surface area is 173 Å². The second-order valence-corrected chi connectivity index (χ2v) is 9.98. The Bertz CT molecular complexity index is 1350. The second kappa shape index (κ2) is 6.94. The third-order valence-corrected chi connectivity index (χ3v) is 6.04. The van der Waals surface area contributed by atoms with Gasteiger partial charge in [-0.2, -0.15) is 20.2 Å². The van der Waals surface area contributed by atoms with Gasteiger partial charge in [-0.05, 0) is 31.9 Å². The van der Waals surface area contributed by atoms with Gasteiger partial charge < -0.3 is 10.6 Å². The van der Waals surface area contributed by atoms with Crippen LogP contribution in [0.25, 0.3) is 21.9 Å². The fourth-order valence-electron chi connectivity index (χ4n) is 3.41. The molecule has 4 aromatic rings. The maximum Gasteiger partial charge on any atom is 0.231 e. The predicted molar refractivity (Wildman–Crippen MR) is 116 cm³/mol. The highest BCUT2D eigenvalue weighted by molar-refractivity contribution is 7.90. The highest BCUT2D eigenvalue weighted by Gasteiger charge is 2.24. The number of aromatic amines is 1. The Kier molecular flexibility index (Phi) is 4.35. The monoisotopic (exact) mass is 426 g/mol. The van der Waals surface area contributed by atoms with E-state index in [-0.39, 0.29) is 5.75 Å². The molecule has 0 amide bonds. The van der Waals surface area contributed by atoms with Crippen molar-refractivity contribution in [3.63, 3.8) is 0 Å². The first-order chi connectivity index (χ1) is 14.4. The molecule has 0 spiro atoms. The number of H-pyrrole nitrogens is 1. The lowest BCUT2D eigenvalue weighted by molar-refractivity contribution is 0.589. The molecule has 1 fully saturated rings. The Balaban J connectivity index is 1.49. The Hall–Kier alpha value is -3.21. The molecule has 11 heteroatoms. The van der Waals surface area contributed by atoms with Crippen LogP contribution in [0.15, 0.2) is 24.4 Å². The number of fused-ring (bicyclic) bond motifs is 2. The van der Waals surface area contributed by atoms with Crippen LogP contribution >= 0.6 is 0 Å². The molecule has 0 bridgehead atoms. The molecule has 3 aromatic heterocycles. The lowest BCUT2D eigenvalue weighted by Crippen LogP contribution is -2.12. The first-order valence-electron chi connectivity index (χ1n) is 9.76. The van der Waals surface area contributed by atoms with Crippen molar-refractivity contribution in [3.05, 3.63) is 30.1 Å². The first-order valence-corrected chi connectivity index (χ1v) is 11.8. The van der Waals surface area contributed by atoms with Gasteiger partial charge in [0.1, 0.15) is 15.7 Å². The van der Waals surface area contributed by atoms with Gasteiger partial charge in [-0.1, -0.05) is 6.07 Å². The molecule has 5 rings (SSSR count). The summed E-state index contributed by atoms with van der Waals surface area (Å²) < 4.78 is 24.7. The molecular weight excluding hydrogens is 404 g/mol. The largest absolute Gasteiger partial charge is 0.367 e. The van der Waals surface area contributed by atoms with Crippen LogP contribution < -0.4 is 10.6 Å². The number of sulfone groups is 1. The molecule has 0 atom stereocenters. The zero-order valence-electron chi connectivity index (χ0n) is 16.7. The van der Waals surface area contributed by atoms with Crippen molar-refractivity contribution in [2.24, 2.45) is 0 Å². The Morgan fingerprint density at radius 2 is 2.10 bits per heavy atom. The summed E-state index contributed by atoms with van der Waals surface area (Å²) in [6.07, 6.45) is 5.22. The summed E-state index contributed by atoms with van der Waals surface area (Å²) in [4.78, 5) is 9.24. The molecule has 0 saturated heterocycles. The highest BCUT2D eigenvalue weighted by Crippen LogP contribution is 2.31. The molecule has 3 heterocycles. The average Bonchev–Trinajstić information content (AvgIpc) is 3.27. The Morgan fingerprint density at radius 1 is 1.27 bits per heavy atom. The first kappa shape index (κ1) is 18.8. The summed E-state index contributed by atoms with van der Waals surface area (Å²) in [6, 6.07) is 6.17. The molecular formula is C19H22N8O2S. The smallest absolute Gasteiger partial charge is 0.231 e. The minimum Gasteiger partial charge on any atom is -0.367 e. The van der Waals surface area contributed by atoms with Gasteiger partial charge in [0, 0.05) is 23.4 Å². The van der Waals surface area contributed by atoms with E-state index < -0.39 is 9.84 Å². The molecule has 30 heavy (non-hydrogen) atoms. The van der Waals surface area contributed by atoms with Crippen LogP contribution in [-0.2, 0) is 16.4 Å². The van der Waals surface area contributed by atoms with Crippen molar-refractivity contribution in [1.29, 1.82) is 0 Å². The molecule has 156 valence electrons. The fourth-order valence-corrected chi connectivity index (χ4v) is 3.92. The molecule has 0 unspecified atom stereocenters. The summed E-state index contributed by atoms with van der Waals surface area (Å²) >= 11 is 0. The average molecular weight is 427 g/mol. The third-order valence-electron chi connectivity index (χ3n) is 5.12. The molecule has 10 nitrogen and oxygen atoms in total. The van der Waals surface area contributed by atoms with Gasteiger partial charge in [-0.3, -0.25) is 9.78 Å². The summed E-state index contributed by atoms with van der Waals surface area (Å²) in [6.45, 7) is 2.26. The van der Waals surface area contributed by atoms with E-state index in [0.29, 0.717) is 24.2 Å². The van der Waals surface area contributed by atoms with E-state index in [0.717, 1.165) is 46.3 Å². The molecule has 3 N–H and O–H groups in total. The molecule has 1 saturated carbocycles. The molecule has 0 radical (unpaired) electrons. The van der Waals surface area contributed by atoms with Crippen molar-refractivity contribution >= 4 is 49.2 Å². The summed E-state index contributed by atoms with van der Waals surface area (Å²) in [7, 11) is -3.07. The van der Waals surface area contributed by atoms with Crippen LogP contribution in [-0.4, -0.2) is 56.4 Å². The molecule has 1 aliphatic rings. The number of benzene rings is 1. The SMILES string of the molecule is Cc1[nH]nc2nc(Nc3cccc4c3cnn4CCS(C)(=O)=O)nc(NC3CC3)c12. The Morgan fingerprint density at radius 3 is 2.87 bits per heavy atom. The zero-order chi connectivity index (χ0) is 20.9. The number of aryl methyl sites for hydroxylation is 2. The second-order valence-electron chi connectivity index (χ2n) is 7.72. The van der Waals surface area contributed by atoms with Crippen molar-refractivity contribution in [2.45, 2.75) is 32.4 Å². The van der Waals surface area contributed by atoms with Gasteiger partial charge in [0.15, 0.2) is 5.65 Å². The molecule has 0 aliphatic heterocycles. The summed E-state index contributed by atoms with van der Waals surface area (Å²) in [5.74, 6) is 1.25. The van der Waals surface area contributed by atoms with Gasteiger partial charge in [0.05, 0.1) is 35.1 Å². The summed E-state index contributed by atoms with van der Waals surface area (Å²) in [5, 5.41) is 20.1. The standard InChI is InChI=1S/C19H22N8O2S/c1-11-16-17(21-12-6-7-12)23-19(24-18(16)26-25-11)22-14-4-3-5-15-13(14)10-20-27(15)8-9-30(2,28)29/h3-5,10,12H,6-9H2,1-2H3,(H3,21,22,23,24,25,26). The highest BCUT2D eigenvalue weighted by atomic mass is 32.2. The maximum atomic E-state index is 11.5. The van der Waals surface area contributed by atoms with Crippen molar-refractivity contribution in [2.75, 3.05) is 22.6 Å². The quantitative estimate of drug-likeness (QED) is 0.411. The van der Waals surface area contributed by atoms with Crippen molar-refractivity contribution in [3.8, 4) is 0 Å². The topological polar surface area (TPSA) is 130 Å². The fraction of sp³-hybridized carbons (Fsp3) is 0.368. The number of anilines is 3. The van der Waals surface area contributed by atoms with Crippen LogP contribution in [0.2, 0.25) is 0 Å². The normalized spacial score (nSPS) is 14.5. The number of aromatic nitrogens is 6. The van der Waals surface area contributed by atoms with E-state index in [4.69, 9.17) is 4.98 Å². The van der Waals surface area contributed by atoms with Crippen LogP contribution in [0.1, 0.15) is 18.5 Å². The molecule has 1 aromatic carbocycles. The van der Waals surface area contributed by atoms with Crippen molar-refractivity contribution in [1.82, 2.24) is 29.9 Å². The van der Waals surface area contributed by atoms with Gasteiger partial charge >= 0.3 is 0 Å². The number of rotatable bonds is 7. The van der Waals surface area contributed by atoms with Gasteiger partial charge in [0.25, 0.3) is 0 Å². The predicted octanol–water partition coefficient (Wildman–Crippen LogP) is 2.37. The van der Waals surface area contributed by atoms with E-state index in [1.54, 1.807) is 10.9 Å².